The zero-order valence-electron chi connectivity index (χ0n) is 13.8. The van der Waals surface area contributed by atoms with Gasteiger partial charge in [-0.05, 0) is 35.9 Å². The molecule has 0 radical (unpaired) electrons. The van der Waals surface area contributed by atoms with E-state index >= 15 is 0 Å². The lowest BCUT2D eigenvalue weighted by molar-refractivity contribution is -0.137. The fraction of sp³-hybridized carbons (Fsp3) is 0.278. The normalized spacial score (nSPS) is 15.5. The van der Waals surface area contributed by atoms with E-state index in [0.717, 1.165) is 36.5 Å². The van der Waals surface area contributed by atoms with Crippen molar-refractivity contribution in [3.8, 4) is 0 Å². The van der Waals surface area contributed by atoms with Crippen LogP contribution in [0.2, 0.25) is 5.02 Å². The summed E-state index contributed by atoms with van der Waals surface area (Å²) in [6.07, 6.45) is -2.90. The maximum absolute atomic E-state index is 12.8. The van der Waals surface area contributed by atoms with E-state index in [4.69, 9.17) is 16.3 Å². The van der Waals surface area contributed by atoms with E-state index in [1.54, 1.807) is 0 Å². The molecule has 8 heteroatoms. The third-order valence-corrected chi connectivity index (χ3v) is 4.29. The van der Waals surface area contributed by atoms with E-state index in [-0.39, 0.29) is 10.7 Å². The lowest BCUT2D eigenvalue weighted by Gasteiger charge is -2.28. The van der Waals surface area contributed by atoms with Gasteiger partial charge in [-0.1, -0.05) is 23.7 Å². The summed E-state index contributed by atoms with van der Waals surface area (Å²) in [5.41, 5.74) is 3.79. The van der Waals surface area contributed by atoms with Crippen molar-refractivity contribution in [3.05, 3.63) is 58.6 Å². The van der Waals surface area contributed by atoms with Gasteiger partial charge in [0.15, 0.2) is 0 Å². The predicted octanol–water partition coefficient (Wildman–Crippen LogP) is 4.64. The van der Waals surface area contributed by atoms with E-state index in [1.807, 2.05) is 24.3 Å². The fourth-order valence-corrected chi connectivity index (χ4v) is 2.72. The van der Waals surface area contributed by atoms with Crippen molar-refractivity contribution in [1.82, 2.24) is 0 Å². The van der Waals surface area contributed by atoms with Gasteiger partial charge < -0.3 is 9.64 Å². The highest BCUT2D eigenvalue weighted by molar-refractivity contribution is 6.33. The van der Waals surface area contributed by atoms with Gasteiger partial charge in [0.2, 0.25) is 0 Å². The van der Waals surface area contributed by atoms with Gasteiger partial charge in [-0.2, -0.15) is 18.3 Å². The molecule has 0 atom stereocenters. The minimum Gasteiger partial charge on any atom is -0.378 e. The number of anilines is 2. The fourth-order valence-electron chi connectivity index (χ4n) is 2.56. The minimum atomic E-state index is -4.43. The zero-order valence-corrected chi connectivity index (χ0v) is 14.5. The van der Waals surface area contributed by atoms with Gasteiger partial charge in [0, 0.05) is 18.8 Å². The van der Waals surface area contributed by atoms with E-state index in [2.05, 4.69) is 15.4 Å². The Hall–Kier alpha value is -2.25. The Bertz CT molecular complexity index is 772. The van der Waals surface area contributed by atoms with Crippen LogP contribution in [0.15, 0.2) is 47.6 Å². The van der Waals surface area contributed by atoms with E-state index in [1.165, 1.54) is 12.3 Å². The number of halogens is 4. The number of alkyl halides is 3. The van der Waals surface area contributed by atoms with Crippen molar-refractivity contribution in [2.24, 2.45) is 5.10 Å². The van der Waals surface area contributed by atoms with Crippen LogP contribution in [-0.4, -0.2) is 32.5 Å². The Kier molecular flexibility index (Phi) is 5.68. The SMILES string of the molecule is FC(F)(F)c1ccc(Cl)c(N/N=C/c2ccc(N3CCOCC3)cc2)c1. The van der Waals surface area contributed by atoms with Gasteiger partial charge in [-0.25, -0.2) is 0 Å². The molecule has 4 nitrogen and oxygen atoms in total. The molecule has 2 aromatic carbocycles. The van der Waals surface area contributed by atoms with Crippen molar-refractivity contribution in [2.45, 2.75) is 6.18 Å². The largest absolute Gasteiger partial charge is 0.416 e. The Labute approximate surface area is 154 Å². The van der Waals surface area contributed by atoms with Crippen LogP contribution in [-0.2, 0) is 10.9 Å². The van der Waals surface area contributed by atoms with Crippen LogP contribution >= 0.6 is 11.6 Å². The summed E-state index contributed by atoms with van der Waals surface area (Å²) >= 11 is 5.92. The molecule has 0 unspecified atom stereocenters. The molecule has 0 saturated carbocycles. The summed E-state index contributed by atoms with van der Waals surface area (Å²) in [5, 5.41) is 4.14. The van der Waals surface area contributed by atoms with E-state index in [0.29, 0.717) is 13.2 Å². The maximum Gasteiger partial charge on any atom is 0.416 e. The highest BCUT2D eigenvalue weighted by Crippen LogP contribution is 2.33. The molecule has 0 aromatic heterocycles. The molecule has 3 rings (SSSR count). The summed E-state index contributed by atoms with van der Waals surface area (Å²) in [4.78, 5) is 2.23. The first-order chi connectivity index (χ1) is 12.4. The number of hydrogen-bond donors (Lipinski definition) is 1. The van der Waals surface area contributed by atoms with Gasteiger partial charge in [0.1, 0.15) is 0 Å². The number of hydrazone groups is 1. The zero-order chi connectivity index (χ0) is 18.6. The lowest BCUT2D eigenvalue weighted by Crippen LogP contribution is -2.36. The highest BCUT2D eigenvalue weighted by Gasteiger charge is 2.30. The van der Waals surface area contributed by atoms with Gasteiger partial charge in [0.25, 0.3) is 0 Å². The summed E-state index contributed by atoms with van der Waals surface area (Å²) in [6.45, 7) is 3.13. The Balaban J connectivity index is 1.65. The topological polar surface area (TPSA) is 36.9 Å². The number of hydrogen-bond acceptors (Lipinski definition) is 4. The first-order valence-corrected chi connectivity index (χ1v) is 8.40. The summed E-state index contributed by atoms with van der Waals surface area (Å²) < 4.78 is 43.6. The molecule has 1 heterocycles. The van der Waals surface area contributed by atoms with Crippen molar-refractivity contribution in [1.29, 1.82) is 0 Å². The van der Waals surface area contributed by atoms with Crippen molar-refractivity contribution in [3.63, 3.8) is 0 Å². The Morgan fingerprint density at radius 1 is 1.08 bits per heavy atom. The number of benzene rings is 2. The van der Waals surface area contributed by atoms with Crippen LogP contribution in [0.5, 0.6) is 0 Å². The highest BCUT2D eigenvalue weighted by atomic mass is 35.5. The van der Waals surface area contributed by atoms with Crippen LogP contribution in [0.3, 0.4) is 0 Å². The smallest absolute Gasteiger partial charge is 0.378 e. The van der Waals surface area contributed by atoms with Gasteiger partial charge in [0.05, 0.1) is 35.7 Å². The van der Waals surface area contributed by atoms with Crippen LogP contribution in [0, 0.1) is 0 Å². The molecule has 1 N–H and O–H groups in total. The number of nitrogens with one attached hydrogen (secondary N) is 1. The number of morpholine rings is 1. The molecular formula is C18H17ClF3N3O. The molecule has 0 spiro atoms. The van der Waals surface area contributed by atoms with Crippen molar-refractivity contribution in [2.75, 3.05) is 36.6 Å². The van der Waals surface area contributed by atoms with Crippen molar-refractivity contribution >= 4 is 29.2 Å². The molecule has 0 bridgehead atoms. The van der Waals surface area contributed by atoms with E-state index in [9.17, 15) is 13.2 Å². The van der Waals surface area contributed by atoms with Crippen LogP contribution in [0.4, 0.5) is 24.5 Å². The summed E-state index contributed by atoms with van der Waals surface area (Å²) in [6, 6.07) is 10.8. The molecule has 26 heavy (non-hydrogen) atoms. The van der Waals surface area contributed by atoms with Crippen molar-refractivity contribution < 1.29 is 17.9 Å². The molecule has 1 saturated heterocycles. The van der Waals surface area contributed by atoms with E-state index < -0.39 is 11.7 Å². The third kappa shape index (κ3) is 4.68. The number of nitrogens with zero attached hydrogens (tertiary/aromatic N) is 2. The number of rotatable bonds is 4. The molecule has 138 valence electrons. The molecule has 0 aliphatic carbocycles. The standard InChI is InChI=1S/C18H17ClF3N3O/c19-16-6-3-14(18(20,21)22)11-17(16)24-23-12-13-1-4-15(5-2-13)25-7-9-26-10-8-25/h1-6,11-12,24H,7-10H2/b23-12+. The average Bonchev–Trinajstić information content (AvgIpc) is 2.63. The lowest BCUT2D eigenvalue weighted by atomic mass is 10.2. The monoisotopic (exact) mass is 383 g/mol. The summed E-state index contributed by atoms with van der Waals surface area (Å²) in [7, 11) is 0. The molecule has 0 amide bonds. The maximum atomic E-state index is 12.8. The third-order valence-electron chi connectivity index (χ3n) is 3.96. The van der Waals surface area contributed by atoms with Gasteiger partial charge >= 0.3 is 6.18 Å². The van der Waals surface area contributed by atoms with Crippen LogP contribution in [0.1, 0.15) is 11.1 Å². The average molecular weight is 384 g/mol. The van der Waals surface area contributed by atoms with Crippen LogP contribution in [0.25, 0.3) is 0 Å². The molecule has 2 aromatic rings. The first kappa shape index (κ1) is 18.5. The number of ether oxygens (including phenoxy) is 1. The molecule has 1 aliphatic rings. The molecular weight excluding hydrogens is 367 g/mol. The second-order valence-corrected chi connectivity index (χ2v) is 6.16. The first-order valence-electron chi connectivity index (χ1n) is 8.02. The molecule has 1 fully saturated rings. The quantitative estimate of drug-likeness (QED) is 0.617. The van der Waals surface area contributed by atoms with Crippen LogP contribution < -0.4 is 10.3 Å². The predicted molar refractivity (Wildman–Crippen MR) is 97.1 cm³/mol. The molecule has 1 aliphatic heterocycles. The Morgan fingerprint density at radius 2 is 1.77 bits per heavy atom. The van der Waals surface area contributed by atoms with Gasteiger partial charge in [-0.15, -0.1) is 0 Å². The van der Waals surface area contributed by atoms with Gasteiger partial charge in [-0.3, -0.25) is 5.43 Å². The second-order valence-electron chi connectivity index (χ2n) is 5.75. The minimum absolute atomic E-state index is 0.0997. The summed E-state index contributed by atoms with van der Waals surface area (Å²) in [5.74, 6) is 0. The second kappa shape index (κ2) is 7.97. The Morgan fingerprint density at radius 3 is 2.42 bits per heavy atom.